The highest BCUT2D eigenvalue weighted by Crippen LogP contribution is 2.30. The monoisotopic (exact) mass is 1260 g/mol. The zero-order valence-electron chi connectivity index (χ0n) is 56.9. The van der Waals surface area contributed by atoms with Gasteiger partial charge in [-0.25, -0.2) is 0 Å². The summed E-state index contributed by atoms with van der Waals surface area (Å²) >= 11 is 0. The van der Waals surface area contributed by atoms with Crippen molar-refractivity contribution in [3.63, 3.8) is 0 Å². The van der Waals surface area contributed by atoms with Crippen molar-refractivity contribution in [3.8, 4) is 0 Å². The molecule has 2 aliphatic rings. The first kappa shape index (κ1) is 83.0. The van der Waals surface area contributed by atoms with E-state index in [1.165, 1.54) is 250 Å². The standard InChI is InChI=1S/C75H139NO13/c1-3-5-7-9-11-13-15-17-19-21-23-25-27-28-29-30-31-32-33-34-35-36-37-39-41-43-45-47-49-51-53-55-57-59-67(80)76-63(62-86-74-72(85)70(83)73(66(61-78)88-74)89-75-71(84)69(82)68(81)65(60-77)87-75)64(79)58-56-54-52-50-48-46-44-42-40-38-26-24-22-20-18-16-14-12-10-8-6-4-2/h21,23,40,42,48,50,56,58,63-66,68-75,77-79,81-85H,3-20,22,24-39,41,43-47,49,51-55,57,59-62H2,1-2H3,(H,76,80)/b23-21-,42-40+,50-48+,58-56+. The van der Waals surface area contributed by atoms with Crippen LogP contribution in [0.3, 0.4) is 0 Å². The second-order valence-corrected chi connectivity index (χ2v) is 26.4. The zero-order chi connectivity index (χ0) is 64.5. The van der Waals surface area contributed by atoms with Gasteiger partial charge in [-0.1, -0.05) is 300 Å². The molecule has 12 atom stereocenters. The summed E-state index contributed by atoms with van der Waals surface area (Å²) in [6.07, 6.45) is 61.9. The summed E-state index contributed by atoms with van der Waals surface area (Å²) < 4.78 is 22.9. The van der Waals surface area contributed by atoms with Crippen LogP contribution in [0.5, 0.6) is 0 Å². The van der Waals surface area contributed by atoms with E-state index in [-0.39, 0.29) is 18.9 Å². The highest BCUT2D eigenvalue weighted by atomic mass is 16.7. The molecular weight excluding hydrogens is 1120 g/mol. The van der Waals surface area contributed by atoms with Crippen molar-refractivity contribution in [1.82, 2.24) is 5.32 Å². The number of unbranched alkanes of at least 4 members (excludes halogenated alkanes) is 43. The summed E-state index contributed by atoms with van der Waals surface area (Å²) in [5.74, 6) is -0.248. The van der Waals surface area contributed by atoms with Gasteiger partial charge in [0.2, 0.25) is 5.91 Å². The van der Waals surface area contributed by atoms with Gasteiger partial charge < -0.3 is 65.1 Å². The number of hydrogen-bond donors (Lipinski definition) is 9. The van der Waals surface area contributed by atoms with E-state index < -0.39 is 86.8 Å². The van der Waals surface area contributed by atoms with Crippen molar-refractivity contribution in [1.29, 1.82) is 0 Å². The zero-order valence-corrected chi connectivity index (χ0v) is 56.9. The van der Waals surface area contributed by atoms with Gasteiger partial charge in [0.05, 0.1) is 32.0 Å². The van der Waals surface area contributed by atoms with Crippen LogP contribution in [0.15, 0.2) is 48.6 Å². The fourth-order valence-corrected chi connectivity index (χ4v) is 12.3. The predicted octanol–water partition coefficient (Wildman–Crippen LogP) is 15.9. The summed E-state index contributed by atoms with van der Waals surface area (Å²) in [6, 6.07) is -0.939. The number of allylic oxidation sites excluding steroid dienone is 7. The maximum absolute atomic E-state index is 13.3. The molecule has 14 heteroatoms. The Morgan fingerprint density at radius 1 is 0.393 bits per heavy atom. The minimum Gasteiger partial charge on any atom is -0.394 e. The lowest BCUT2D eigenvalue weighted by Crippen LogP contribution is -2.65. The number of carbonyl (C=O) groups excluding carboxylic acids is 1. The summed E-state index contributed by atoms with van der Waals surface area (Å²) in [5.41, 5.74) is 0. The average molecular weight is 1260 g/mol. The Morgan fingerprint density at radius 2 is 0.719 bits per heavy atom. The normalized spacial score (nSPS) is 23.3. The molecule has 1 amide bonds. The van der Waals surface area contributed by atoms with Gasteiger partial charge >= 0.3 is 0 Å². The van der Waals surface area contributed by atoms with E-state index in [1.54, 1.807) is 6.08 Å². The molecule has 0 saturated carbocycles. The predicted molar refractivity (Wildman–Crippen MR) is 364 cm³/mol. The summed E-state index contributed by atoms with van der Waals surface area (Å²) in [4.78, 5) is 13.3. The molecular formula is C75H139NO13. The topological polar surface area (TPSA) is 228 Å². The first-order chi connectivity index (χ1) is 43.6. The van der Waals surface area contributed by atoms with Gasteiger partial charge in [0.25, 0.3) is 0 Å². The first-order valence-electron chi connectivity index (χ1n) is 37.4. The number of carbonyl (C=O) groups is 1. The molecule has 2 aliphatic heterocycles. The Labute approximate surface area is 543 Å². The van der Waals surface area contributed by atoms with Gasteiger partial charge in [0, 0.05) is 6.42 Å². The Kier molecular flexibility index (Phi) is 55.7. The Balaban J connectivity index is 1.65. The van der Waals surface area contributed by atoms with Crippen LogP contribution in [-0.2, 0) is 23.7 Å². The molecule has 12 unspecified atom stereocenters. The molecule has 0 aromatic heterocycles. The van der Waals surface area contributed by atoms with E-state index in [9.17, 15) is 45.6 Å². The lowest BCUT2D eigenvalue weighted by atomic mass is 9.97. The van der Waals surface area contributed by atoms with E-state index >= 15 is 0 Å². The van der Waals surface area contributed by atoms with Crippen LogP contribution in [0.4, 0.5) is 0 Å². The van der Waals surface area contributed by atoms with Gasteiger partial charge in [0.1, 0.15) is 48.8 Å². The van der Waals surface area contributed by atoms with Crippen molar-refractivity contribution < 1.29 is 64.6 Å². The van der Waals surface area contributed by atoms with Gasteiger partial charge in [0.15, 0.2) is 12.6 Å². The maximum Gasteiger partial charge on any atom is 0.220 e. The molecule has 0 aliphatic carbocycles. The maximum atomic E-state index is 13.3. The van der Waals surface area contributed by atoms with Gasteiger partial charge in [-0.2, -0.15) is 0 Å². The first-order valence-corrected chi connectivity index (χ1v) is 37.4. The van der Waals surface area contributed by atoms with E-state index in [1.807, 2.05) is 6.08 Å². The summed E-state index contributed by atoms with van der Waals surface area (Å²) in [6.45, 7) is 2.82. The Bertz CT molecular complexity index is 1680. The van der Waals surface area contributed by atoms with Crippen LogP contribution in [0, 0.1) is 0 Å². The molecule has 0 spiro atoms. The third kappa shape index (κ3) is 43.5. The molecule has 14 nitrogen and oxygen atoms in total. The SMILES string of the molecule is CCCCCCCCCC/C=C\CCCCCCCCCCCCCCCCCCCCCCCC(=O)NC(COC1OC(CO)C(OC2OC(CO)C(O)C(O)C2O)C(O)C1O)C(O)/C=C/CC/C=C/CC/C=C/CCCCCCCCCCCCCC. The second kappa shape index (κ2) is 59.7. The Hall–Kier alpha value is -2.05. The largest absolute Gasteiger partial charge is 0.394 e. The minimum absolute atomic E-state index is 0.248. The van der Waals surface area contributed by atoms with E-state index in [4.69, 9.17) is 18.9 Å². The van der Waals surface area contributed by atoms with Crippen molar-refractivity contribution in [2.24, 2.45) is 0 Å². The third-order valence-electron chi connectivity index (χ3n) is 18.2. The van der Waals surface area contributed by atoms with Crippen LogP contribution in [0.1, 0.15) is 328 Å². The fraction of sp³-hybridized carbons (Fsp3) is 0.880. The molecule has 89 heavy (non-hydrogen) atoms. The number of rotatable bonds is 62. The van der Waals surface area contributed by atoms with Crippen molar-refractivity contribution >= 4 is 5.91 Å². The molecule has 0 aromatic rings. The highest BCUT2D eigenvalue weighted by Gasteiger charge is 2.51. The summed E-state index contributed by atoms with van der Waals surface area (Å²) in [5, 5.41) is 87.5. The van der Waals surface area contributed by atoms with Crippen LogP contribution in [-0.4, -0.2) is 140 Å². The number of aliphatic hydroxyl groups excluding tert-OH is 8. The lowest BCUT2D eigenvalue weighted by molar-refractivity contribution is -0.359. The smallest absolute Gasteiger partial charge is 0.220 e. The van der Waals surface area contributed by atoms with E-state index in [2.05, 4.69) is 55.6 Å². The summed E-state index contributed by atoms with van der Waals surface area (Å²) in [7, 11) is 0. The van der Waals surface area contributed by atoms with Crippen LogP contribution >= 0.6 is 0 Å². The molecule has 0 aromatic carbocycles. The molecule has 2 rings (SSSR count). The second-order valence-electron chi connectivity index (χ2n) is 26.4. The molecule has 0 bridgehead atoms. The van der Waals surface area contributed by atoms with Crippen LogP contribution < -0.4 is 5.32 Å². The molecule has 0 radical (unpaired) electrons. The molecule has 522 valence electrons. The fourth-order valence-electron chi connectivity index (χ4n) is 12.3. The van der Waals surface area contributed by atoms with Crippen molar-refractivity contribution in [3.05, 3.63) is 48.6 Å². The van der Waals surface area contributed by atoms with Crippen LogP contribution in [0.25, 0.3) is 0 Å². The minimum atomic E-state index is -1.79. The van der Waals surface area contributed by atoms with Crippen molar-refractivity contribution in [2.45, 2.75) is 402 Å². The highest BCUT2D eigenvalue weighted by molar-refractivity contribution is 5.76. The van der Waals surface area contributed by atoms with E-state index in [0.29, 0.717) is 12.8 Å². The lowest BCUT2D eigenvalue weighted by Gasteiger charge is -2.46. The van der Waals surface area contributed by atoms with Gasteiger partial charge in [-0.15, -0.1) is 0 Å². The number of hydrogen-bond acceptors (Lipinski definition) is 13. The molecule has 2 fully saturated rings. The van der Waals surface area contributed by atoms with Crippen LogP contribution in [0.2, 0.25) is 0 Å². The number of amides is 1. The average Bonchev–Trinajstić information content (AvgIpc) is 2.75. The molecule has 9 N–H and O–H groups in total. The number of nitrogens with one attached hydrogen (secondary N) is 1. The Morgan fingerprint density at radius 3 is 1.10 bits per heavy atom. The number of aliphatic hydroxyl groups is 8. The third-order valence-corrected chi connectivity index (χ3v) is 18.2. The molecule has 2 saturated heterocycles. The van der Waals surface area contributed by atoms with Crippen molar-refractivity contribution in [2.75, 3.05) is 19.8 Å². The van der Waals surface area contributed by atoms with Gasteiger partial charge in [-0.05, 0) is 70.6 Å². The quantitative estimate of drug-likeness (QED) is 0.0204. The van der Waals surface area contributed by atoms with E-state index in [0.717, 1.165) is 44.9 Å². The van der Waals surface area contributed by atoms with Gasteiger partial charge in [-0.3, -0.25) is 4.79 Å². The number of ether oxygens (including phenoxy) is 4. The molecule has 2 heterocycles.